The van der Waals surface area contributed by atoms with Gasteiger partial charge in [-0.25, -0.2) is 0 Å². The van der Waals surface area contributed by atoms with Gasteiger partial charge in [0.1, 0.15) is 0 Å². The first-order valence-corrected chi connectivity index (χ1v) is 9.32. The van der Waals surface area contributed by atoms with Crippen molar-refractivity contribution in [1.82, 2.24) is 14.8 Å². The van der Waals surface area contributed by atoms with Crippen LogP contribution in [0.5, 0.6) is 0 Å². The zero-order valence-electron chi connectivity index (χ0n) is 14.7. The molecule has 0 radical (unpaired) electrons. The summed E-state index contributed by atoms with van der Waals surface area (Å²) in [5, 5.41) is 3.97. The number of unbranched alkanes of at least 4 members (excludes halogenated alkanes) is 1. The molecule has 0 saturated carbocycles. The fraction of sp³-hybridized carbons (Fsp3) is 0.500. The number of aromatic nitrogens is 1. The lowest BCUT2D eigenvalue weighted by Crippen LogP contribution is -2.26. The van der Waals surface area contributed by atoms with Gasteiger partial charge in [-0.1, -0.05) is 18.2 Å². The standard InChI is InChI=1S/C20H27N3O2/c24-19(21-12-3-4-13-22-14-5-6-15-22)9-10-20(25)23-16-11-17-7-1-2-8-18(17)23/h1-2,7-8,11,16H,3-6,9-10,12-15H2,(H,21,24). The number of hydrogen-bond acceptors (Lipinski definition) is 3. The summed E-state index contributed by atoms with van der Waals surface area (Å²) in [7, 11) is 0. The van der Waals surface area contributed by atoms with Crippen LogP contribution in [0.1, 0.15) is 43.3 Å². The molecule has 0 aliphatic carbocycles. The molecule has 1 aromatic carbocycles. The third-order valence-corrected chi connectivity index (χ3v) is 4.86. The fourth-order valence-electron chi connectivity index (χ4n) is 3.42. The molecule has 1 saturated heterocycles. The summed E-state index contributed by atoms with van der Waals surface area (Å²) >= 11 is 0. The summed E-state index contributed by atoms with van der Waals surface area (Å²) in [4.78, 5) is 26.7. The largest absolute Gasteiger partial charge is 0.356 e. The number of amides is 1. The minimum absolute atomic E-state index is 0.0361. The van der Waals surface area contributed by atoms with Crippen LogP contribution in [0.4, 0.5) is 0 Å². The van der Waals surface area contributed by atoms with E-state index in [-0.39, 0.29) is 24.7 Å². The van der Waals surface area contributed by atoms with Crippen molar-refractivity contribution in [3.05, 3.63) is 36.5 Å². The first-order valence-electron chi connectivity index (χ1n) is 9.32. The number of likely N-dealkylation sites (tertiary alicyclic amines) is 1. The van der Waals surface area contributed by atoms with Crippen molar-refractivity contribution in [2.75, 3.05) is 26.2 Å². The van der Waals surface area contributed by atoms with Gasteiger partial charge in [-0.2, -0.15) is 0 Å². The third-order valence-electron chi connectivity index (χ3n) is 4.86. The topological polar surface area (TPSA) is 54.3 Å². The van der Waals surface area contributed by atoms with Gasteiger partial charge in [0.25, 0.3) is 0 Å². The highest BCUT2D eigenvalue weighted by Crippen LogP contribution is 2.15. The van der Waals surface area contributed by atoms with Gasteiger partial charge in [0, 0.05) is 31.0 Å². The van der Waals surface area contributed by atoms with Crippen molar-refractivity contribution in [3.63, 3.8) is 0 Å². The normalized spacial score (nSPS) is 14.9. The average molecular weight is 341 g/mol. The van der Waals surface area contributed by atoms with Gasteiger partial charge >= 0.3 is 0 Å². The Morgan fingerprint density at radius 2 is 1.80 bits per heavy atom. The van der Waals surface area contributed by atoms with E-state index in [0.717, 1.165) is 30.3 Å². The Morgan fingerprint density at radius 1 is 1.00 bits per heavy atom. The van der Waals surface area contributed by atoms with Crippen molar-refractivity contribution in [2.45, 2.75) is 38.5 Å². The number of nitrogens with zero attached hydrogens (tertiary/aromatic N) is 2. The Balaban J connectivity index is 1.33. The van der Waals surface area contributed by atoms with Gasteiger partial charge in [-0.3, -0.25) is 14.2 Å². The maximum Gasteiger partial charge on any atom is 0.231 e. The van der Waals surface area contributed by atoms with E-state index in [1.165, 1.54) is 25.9 Å². The molecule has 0 unspecified atom stereocenters. The van der Waals surface area contributed by atoms with Crippen LogP contribution in [-0.4, -0.2) is 47.5 Å². The Bertz CT molecular complexity index is 717. The summed E-state index contributed by atoms with van der Waals surface area (Å²) in [5.74, 6) is -0.0728. The monoisotopic (exact) mass is 341 g/mol. The van der Waals surface area contributed by atoms with Crippen LogP contribution in [0.3, 0.4) is 0 Å². The molecule has 1 N–H and O–H groups in total. The molecule has 1 amide bonds. The molecular formula is C20H27N3O2. The predicted octanol–water partition coefficient (Wildman–Crippen LogP) is 3.05. The molecule has 2 aromatic rings. The summed E-state index contributed by atoms with van der Waals surface area (Å²) in [5.41, 5.74) is 0.898. The zero-order chi connectivity index (χ0) is 17.5. The number of carbonyl (C=O) groups is 2. The Morgan fingerprint density at radius 3 is 2.64 bits per heavy atom. The molecular weight excluding hydrogens is 314 g/mol. The van der Waals surface area contributed by atoms with E-state index in [0.29, 0.717) is 6.54 Å². The Hall–Kier alpha value is -2.14. The molecule has 5 nitrogen and oxygen atoms in total. The van der Waals surface area contributed by atoms with Crippen LogP contribution in [0.15, 0.2) is 36.5 Å². The van der Waals surface area contributed by atoms with E-state index in [1.54, 1.807) is 10.8 Å². The maximum atomic E-state index is 12.3. The average Bonchev–Trinajstić information content (AvgIpc) is 3.29. The van der Waals surface area contributed by atoms with E-state index in [9.17, 15) is 9.59 Å². The Kier molecular flexibility index (Phi) is 6.23. The molecule has 1 aliphatic rings. The minimum atomic E-state index is -0.0367. The highest BCUT2D eigenvalue weighted by molar-refractivity contribution is 5.93. The number of hydrogen-bond donors (Lipinski definition) is 1. The molecule has 0 spiro atoms. The lowest BCUT2D eigenvalue weighted by Gasteiger charge is -2.14. The van der Waals surface area contributed by atoms with Crippen LogP contribution in [-0.2, 0) is 4.79 Å². The Labute approximate surface area is 149 Å². The highest BCUT2D eigenvalue weighted by atomic mass is 16.2. The smallest absolute Gasteiger partial charge is 0.231 e. The van der Waals surface area contributed by atoms with Crippen molar-refractivity contribution in [1.29, 1.82) is 0 Å². The maximum absolute atomic E-state index is 12.3. The van der Waals surface area contributed by atoms with Gasteiger partial charge in [-0.05, 0) is 57.5 Å². The van der Waals surface area contributed by atoms with E-state index < -0.39 is 0 Å². The van der Waals surface area contributed by atoms with Crippen LogP contribution in [0, 0.1) is 0 Å². The minimum Gasteiger partial charge on any atom is -0.356 e. The second kappa shape index (κ2) is 8.81. The molecule has 0 atom stereocenters. The number of fused-ring (bicyclic) bond motifs is 1. The molecule has 134 valence electrons. The first-order chi connectivity index (χ1) is 12.2. The van der Waals surface area contributed by atoms with Gasteiger partial charge in [0.15, 0.2) is 0 Å². The second-order valence-corrected chi connectivity index (χ2v) is 6.74. The van der Waals surface area contributed by atoms with Crippen LogP contribution in [0.25, 0.3) is 10.9 Å². The first kappa shape index (κ1) is 17.7. The number of rotatable bonds is 8. The van der Waals surface area contributed by atoms with E-state index >= 15 is 0 Å². The molecule has 1 aliphatic heterocycles. The number of carbonyl (C=O) groups excluding carboxylic acids is 2. The second-order valence-electron chi connectivity index (χ2n) is 6.74. The number of nitrogens with one attached hydrogen (secondary N) is 1. The van der Waals surface area contributed by atoms with E-state index in [1.807, 2.05) is 30.3 Å². The quantitative estimate of drug-likeness (QED) is 0.751. The lowest BCUT2D eigenvalue weighted by atomic mass is 10.2. The van der Waals surface area contributed by atoms with Crippen LogP contribution >= 0.6 is 0 Å². The molecule has 1 fully saturated rings. The summed E-state index contributed by atoms with van der Waals surface area (Å²) in [6.45, 7) is 4.29. The van der Waals surface area contributed by atoms with Gasteiger partial charge in [-0.15, -0.1) is 0 Å². The van der Waals surface area contributed by atoms with Crippen molar-refractivity contribution in [3.8, 4) is 0 Å². The molecule has 25 heavy (non-hydrogen) atoms. The van der Waals surface area contributed by atoms with Crippen molar-refractivity contribution < 1.29 is 9.59 Å². The molecule has 1 aromatic heterocycles. The van der Waals surface area contributed by atoms with Gasteiger partial charge in [0.2, 0.25) is 11.8 Å². The van der Waals surface area contributed by atoms with E-state index in [2.05, 4.69) is 10.2 Å². The highest BCUT2D eigenvalue weighted by Gasteiger charge is 2.12. The SMILES string of the molecule is O=C(CCC(=O)n1ccc2ccccc21)NCCCCN1CCCC1. The summed E-state index contributed by atoms with van der Waals surface area (Å²) in [6, 6.07) is 9.70. The van der Waals surface area contributed by atoms with Gasteiger partial charge < -0.3 is 10.2 Å². The number of para-hydroxylation sites is 1. The van der Waals surface area contributed by atoms with Gasteiger partial charge in [0.05, 0.1) is 5.52 Å². The number of benzene rings is 1. The van der Waals surface area contributed by atoms with Crippen molar-refractivity contribution in [2.24, 2.45) is 0 Å². The molecule has 3 rings (SSSR count). The van der Waals surface area contributed by atoms with Crippen LogP contribution < -0.4 is 5.32 Å². The zero-order valence-corrected chi connectivity index (χ0v) is 14.7. The fourth-order valence-corrected chi connectivity index (χ4v) is 3.42. The predicted molar refractivity (Wildman–Crippen MR) is 99.7 cm³/mol. The molecule has 2 heterocycles. The lowest BCUT2D eigenvalue weighted by molar-refractivity contribution is -0.121. The van der Waals surface area contributed by atoms with Crippen molar-refractivity contribution >= 4 is 22.7 Å². The summed E-state index contributed by atoms with van der Waals surface area (Å²) in [6.07, 6.45) is 7.02. The third kappa shape index (κ3) is 4.92. The van der Waals surface area contributed by atoms with Crippen LogP contribution in [0.2, 0.25) is 0 Å². The molecule has 5 heteroatoms. The van der Waals surface area contributed by atoms with E-state index in [4.69, 9.17) is 0 Å². The summed E-state index contributed by atoms with van der Waals surface area (Å²) < 4.78 is 1.64. The molecule has 0 bridgehead atoms.